The molecule has 1 atom stereocenters. The minimum absolute atomic E-state index is 0.169. The number of fused-ring (bicyclic) bond motifs is 1. The summed E-state index contributed by atoms with van der Waals surface area (Å²) < 4.78 is 5.36. The van der Waals surface area contributed by atoms with E-state index in [1.807, 2.05) is 64.0 Å². The van der Waals surface area contributed by atoms with E-state index in [1.54, 1.807) is 30.6 Å². The van der Waals surface area contributed by atoms with Crippen LogP contribution in [0.25, 0.3) is 22.0 Å². The van der Waals surface area contributed by atoms with Crippen LogP contribution < -0.4 is 26.4 Å². The quantitative estimate of drug-likeness (QED) is 0.197. The first kappa shape index (κ1) is 34.1. The number of anilines is 2. The molecule has 5 rings (SSSR count). The Morgan fingerprint density at radius 2 is 1.71 bits per heavy atom. The molecule has 13 nitrogen and oxygen atoms in total. The van der Waals surface area contributed by atoms with Crippen LogP contribution in [-0.2, 0) is 20.7 Å². The van der Waals surface area contributed by atoms with Crippen LogP contribution in [0.4, 0.5) is 16.4 Å². The van der Waals surface area contributed by atoms with Gasteiger partial charge < -0.3 is 20.7 Å². The molecule has 2 aromatic carbocycles. The number of rotatable bonds is 10. The number of hydrogen-bond donors (Lipinski definition) is 4. The highest BCUT2D eigenvalue weighted by Crippen LogP contribution is 2.33. The van der Waals surface area contributed by atoms with E-state index in [4.69, 9.17) is 10.5 Å². The Hall–Kier alpha value is -5.20. The summed E-state index contributed by atoms with van der Waals surface area (Å²) in [6, 6.07) is 11.7. The first-order valence-corrected chi connectivity index (χ1v) is 16.2. The van der Waals surface area contributed by atoms with E-state index in [9.17, 15) is 19.2 Å². The number of carbonyl (C=O) groups is 3. The van der Waals surface area contributed by atoms with Gasteiger partial charge in [-0.2, -0.15) is 0 Å². The number of primary amides is 1. The molecule has 0 bridgehead atoms. The van der Waals surface area contributed by atoms with Gasteiger partial charge in [0.2, 0.25) is 17.8 Å². The Morgan fingerprint density at radius 3 is 2.35 bits per heavy atom. The Labute approximate surface area is 279 Å². The number of hydrogen-bond acceptors (Lipinski definition) is 8. The van der Waals surface area contributed by atoms with E-state index in [0.29, 0.717) is 41.9 Å². The summed E-state index contributed by atoms with van der Waals surface area (Å²) in [7, 11) is 3.74. The van der Waals surface area contributed by atoms with Gasteiger partial charge >= 0.3 is 6.09 Å². The minimum Gasteiger partial charge on any atom is -0.444 e. The highest BCUT2D eigenvalue weighted by Gasteiger charge is 2.36. The molecule has 0 unspecified atom stereocenters. The van der Waals surface area contributed by atoms with Gasteiger partial charge in [0.15, 0.2) is 0 Å². The van der Waals surface area contributed by atoms with Crippen molar-refractivity contribution in [2.24, 2.45) is 17.6 Å². The number of nitrogens with two attached hydrogens (primary N) is 1. The van der Waals surface area contributed by atoms with Crippen molar-refractivity contribution in [1.82, 2.24) is 25.5 Å². The molecular weight excluding hydrogens is 612 g/mol. The predicted octanol–water partition coefficient (Wildman–Crippen LogP) is 4.14. The molecular formula is C35H44N8O5. The molecule has 254 valence electrons. The zero-order chi connectivity index (χ0) is 34.6. The van der Waals surface area contributed by atoms with Crippen LogP contribution >= 0.6 is 0 Å². The van der Waals surface area contributed by atoms with Crippen molar-refractivity contribution in [2.75, 3.05) is 30.4 Å². The maximum absolute atomic E-state index is 14.4. The first-order chi connectivity index (χ1) is 22.8. The number of amides is 3. The molecule has 1 saturated carbocycles. The summed E-state index contributed by atoms with van der Waals surface area (Å²) in [5, 5.41) is 8.70. The van der Waals surface area contributed by atoms with Crippen molar-refractivity contribution >= 4 is 40.4 Å². The van der Waals surface area contributed by atoms with Crippen molar-refractivity contribution in [2.45, 2.75) is 64.5 Å². The van der Waals surface area contributed by atoms with E-state index >= 15 is 0 Å². The molecule has 5 N–H and O–H groups in total. The smallest absolute Gasteiger partial charge is 0.407 e. The standard InChI is InChI=1S/C35H44N8O5/c1-35(2,3)48-34(47)39-18-21-9-11-23(12-10-21)32(46)43(26-13-14-27-28(17-26)40-41-31(27)45)29(30(36)44)16-22-7-6-8-24(15-22)25-19-37-33(38-20-25)42(4)5/h6-8,13-15,17,19-21,23,29H,9-12,16,18H2,1-5H3,(H2,36,44)(H,39,47)(H2,40,41,45)/t21-,23-,29-/m0/s1. The Kier molecular flexibility index (Phi) is 10.2. The van der Waals surface area contributed by atoms with Crippen molar-refractivity contribution in [3.63, 3.8) is 0 Å². The number of aromatic nitrogens is 4. The number of alkyl carbamates (subject to hydrolysis) is 1. The average molecular weight is 657 g/mol. The molecule has 0 spiro atoms. The van der Waals surface area contributed by atoms with Gasteiger partial charge in [-0.25, -0.2) is 14.8 Å². The number of ether oxygens (including phenoxy) is 1. The molecule has 0 aliphatic heterocycles. The lowest BCUT2D eigenvalue weighted by atomic mass is 9.81. The highest BCUT2D eigenvalue weighted by atomic mass is 16.6. The maximum atomic E-state index is 14.4. The third-order valence-electron chi connectivity index (χ3n) is 8.57. The number of benzene rings is 2. The molecule has 13 heteroatoms. The fourth-order valence-corrected chi connectivity index (χ4v) is 6.11. The van der Waals surface area contributed by atoms with Crippen LogP contribution in [0, 0.1) is 11.8 Å². The fourth-order valence-electron chi connectivity index (χ4n) is 6.11. The SMILES string of the molecule is CN(C)c1ncc(-c2cccc(C[C@@H](C(N)=O)N(c3ccc4c(=O)[nH][nH]c4c3)C(=O)[C@H]3CC[C@H](CNC(=O)OC(C)(C)C)CC3)c2)cn1. The second-order valence-electron chi connectivity index (χ2n) is 13.6. The summed E-state index contributed by atoms with van der Waals surface area (Å²) in [5.74, 6) is -0.429. The Morgan fingerprint density at radius 1 is 1.00 bits per heavy atom. The van der Waals surface area contributed by atoms with Crippen molar-refractivity contribution in [1.29, 1.82) is 0 Å². The van der Waals surface area contributed by atoms with Crippen LogP contribution in [0.5, 0.6) is 0 Å². The van der Waals surface area contributed by atoms with Gasteiger partial charge in [0.25, 0.3) is 5.56 Å². The summed E-state index contributed by atoms with van der Waals surface area (Å²) in [5.41, 5.74) is 8.65. The first-order valence-electron chi connectivity index (χ1n) is 16.2. The van der Waals surface area contributed by atoms with Gasteiger partial charge in [-0.1, -0.05) is 24.3 Å². The molecule has 0 saturated heterocycles. The number of nitrogens with one attached hydrogen (secondary N) is 3. The van der Waals surface area contributed by atoms with E-state index < -0.39 is 23.6 Å². The van der Waals surface area contributed by atoms with Crippen molar-refractivity contribution < 1.29 is 19.1 Å². The third kappa shape index (κ3) is 8.20. The van der Waals surface area contributed by atoms with E-state index in [1.165, 1.54) is 4.90 Å². The number of carbonyl (C=O) groups excluding carboxylic acids is 3. The number of nitrogens with zero attached hydrogens (tertiary/aromatic N) is 4. The van der Waals surface area contributed by atoms with Crippen LogP contribution in [0.15, 0.2) is 59.7 Å². The molecule has 3 amide bonds. The zero-order valence-corrected chi connectivity index (χ0v) is 28.1. The molecule has 4 aromatic rings. The van der Waals surface area contributed by atoms with Gasteiger partial charge in [-0.05, 0) is 81.7 Å². The van der Waals surface area contributed by atoms with Gasteiger partial charge in [0.05, 0.1) is 10.9 Å². The second-order valence-corrected chi connectivity index (χ2v) is 13.6. The topological polar surface area (TPSA) is 179 Å². The normalized spacial score (nSPS) is 17.0. The average Bonchev–Trinajstić information content (AvgIpc) is 3.42. The predicted molar refractivity (Wildman–Crippen MR) is 185 cm³/mol. The van der Waals surface area contributed by atoms with Crippen LogP contribution in [0.1, 0.15) is 52.0 Å². The van der Waals surface area contributed by atoms with Crippen molar-refractivity contribution in [3.8, 4) is 11.1 Å². The molecule has 2 aromatic heterocycles. The molecule has 48 heavy (non-hydrogen) atoms. The number of aromatic amines is 2. The van der Waals surface area contributed by atoms with Gasteiger partial charge in [0.1, 0.15) is 11.6 Å². The van der Waals surface area contributed by atoms with Crippen LogP contribution in [0.2, 0.25) is 0 Å². The highest BCUT2D eigenvalue weighted by molar-refractivity contribution is 6.03. The van der Waals surface area contributed by atoms with Crippen LogP contribution in [0.3, 0.4) is 0 Å². The van der Waals surface area contributed by atoms with E-state index in [-0.39, 0.29) is 29.7 Å². The van der Waals surface area contributed by atoms with Gasteiger partial charge in [0, 0.05) is 56.6 Å². The zero-order valence-electron chi connectivity index (χ0n) is 28.1. The monoisotopic (exact) mass is 656 g/mol. The minimum atomic E-state index is -1.00. The summed E-state index contributed by atoms with van der Waals surface area (Å²) >= 11 is 0. The maximum Gasteiger partial charge on any atom is 0.407 e. The lowest BCUT2D eigenvalue weighted by Gasteiger charge is -2.36. The lowest BCUT2D eigenvalue weighted by Crippen LogP contribution is -2.52. The Bertz CT molecular complexity index is 1820. The third-order valence-corrected chi connectivity index (χ3v) is 8.57. The fraction of sp³-hybridized carbons (Fsp3) is 0.429. The van der Waals surface area contributed by atoms with Crippen molar-refractivity contribution in [3.05, 3.63) is 70.8 Å². The van der Waals surface area contributed by atoms with Crippen LogP contribution in [-0.4, -0.2) is 70.4 Å². The van der Waals surface area contributed by atoms with E-state index in [2.05, 4.69) is 25.5 Å². The lowest BCUT2D eigenvalue weighted by molar-refractivity contribution is -0.127. The number of H-pyrrole nitrogens is 2. The van der Waals surface area contributed by atoms with E-state index in [0.717, 1.165) is 29.5 Å². The summed E-state index contributed by atoms with van der Waals surface area (Å²) in [4.78, 5) is 64.2. The largest absolute Gasteiger partial charge is 0.444 e. The van der Waals surface area contributed by atoms with Gasteiger partial charge in [-0.3, -0.25) is 29.5 Å². The molecule has 0 radical (unpaired) electrons. The second kappa shape index (κ2) is 14.3. The molecule has 2 heterocycles. The summed E-state index contributed by atoms with van der Waals surface area (Å²) in [6.45, 7) is 5.90. The van der Waals surface area contributed by atoms with Gasteiger partial charge in [-0.15, -0.1) is 0 Å². The molecule has 1 fully saturated rings. The Balaban J connectivity index is 1.39. The summed E-state index contributed by atoms with van der Waals surface area (Å²) in [6.07, 6.45) is 5.82. The molecule has 1 aliphatic carbocycles. The molecule has 1 aliphatic rings.